The van der Waals surface area contributed by atoms with Crippen LogP contribution in [0.2, 0.25) is 0 Å². The molecular formula is C16H20N2O3S. The summed E-state index contributed by atoms with van der Waals surface area (Å²) in [7, 11) is 3.40. The van der Waals surface area contributed by atoms with Crippen LogP contribution in [0.15, 0.2) is 23.6 Å². The number of hydrogen-bond donors (Lipinski definition) is 1. The number of nitrogens with zero attached hydrogens (tertiary/aromatic N) is 2. The number of rotatable bonds is 6. The van der Waals surface area contributed by atoms with Gasteiger partial charge in [-0.15, -0.1) is 11.3 Å². The zero-order valence-corrected chi connectivity index (χ0v) is 14.0. The molecule has 0 unspecified atom stereocenters. The maximum atomic E-state index is 11.7. The molecule has 0 aliphatic carbocycles. The van der Waals surface area contributed by atoms with Crippen molar-refractivity contribution >= 4 is 17.3 Å². The maximum absolute atomic E-state index is 11.7. The van der Waals surface area contributed by atoms with Crippen LogP contribution in [0.4, 0.5) is 0 Å². The van der Waals surface area contributed by atoms with Crippen molar-refractivity contribution in [1.82, 2.24) is 9.88 Å². The highest BCUT2D eigenvalue weighted by Gasteiger charge is 2.25. The summed E-state index contributed by atoms with van der Waals surface area (Å²) in [6.45, 7) is 4.34. The third-order valence-electron chi connectivity index (χ3n) is 3.49. The highest BCUT2D eigenvalue weighted by Crippen LogP contribution is 2.27. The summed E-state index contributed by atoms with van der Waals surface area (Å²) < 4.78 is 5.23. The van der Waals surface area contributed by atoms with Crippen LogP contribution in [0.5, 0.6) is 5.75 Å². The fraction of sp³-hybridized carbons (Fsp3) is 0.375. The van der Waals surface area contributed by atoms with Crippen molar-refractivity contribution in [2.75, 3.05) is 14.2 Å². The van der Waals surface area contributed by atoms with E-state index in [2.05, 4.69) is 4.98 Å². The molecule has 1 N–H and O–H groups in total. The van der Waals surface area contributed by atoms with E-state index >= 15 is 0 Å². The van der Waals surface area contributed by atoms with Crippen LogP contribution in [0.1, 0.15) is 27.9 Å². The zero-order valence-electron chi connectivity index (χ0n) is 13.2. The zero-order chi connectivity index (χ0) is 16.3. The van der Waals surface area contributed by atoms with Crippen molar-refractivity contribution < 1.29 is 14.6 Å². The highest BCUT2D eigenvalue weighted by molar-refractivity contribution is 7.09. The van der Waals surface area contributed by atoms with Gasteiger partial charge >= 0.3 is 5.97 Å². The Balaban J connectivity index is 2.25. The summed E-state index contributed by atoms with van der Waals surface area (Å²) in [4.78, 5) is 17.9. The van der Waals surface area contributed by atoms with Crippen molar-refractivity contribution in [3.8, 4) is 5.75 Å². The number of benzene rings is 1. The normalized spacial score (nSPS) is 12.4. The van der Waals surface area contributed by atoms with Crippen molar-refractivity contribution in [2.24, 2.45) is 0 Å². The van der Waals surface area contributed by atoms with E-state index in [1.165, 1.54) is 0 Å². The number of likely N-dealkylation sites (N-methyl/N-ethyl adjacent to an activating group) is 1. The number of hydrogen-bond acceptors (Lipinski definition) is 5. The van der Waals surface area contributed by atoms with Gasteiger partial charge in [-0.1, -0.05) is 12.1 Å². The first-order chi connectivity index (χ1) is 10.4. The predicted octanol–water partition coefficient (Wildman–Crippen LogP) is 3.03. The van der Waals surface area contributed by atoms with E-state index in [-0.39, 0.29) is 0 Å². The molecular weight excluding hydrogens is 300 g/mol. The second-order valence-electron chi connectivity index (χ2n) is 5.24. The minimum atomic E-state index is -0.876. The van der Waals surface area contributed by atoms with Crippen LogP contribution in [0.3, 0.4) is 0 Å². The largest absolute Gasteiger partial charge is 0.496 e. The van der Waals surface area contributed by atoms with Gasteiger partial charge in [-0.3, -0.25) is 9.69 Å². The van der Waals surface area contributed by atoms with Crippen LogP contribution in [-0.4, -0.2) is 35.1 Å². The second kappa shape index (κ2) is 6.89. The molecule has 0 saturated heterocycles. The van der Waals surface area contributed by atoms with Gasteiger partial charge in [-0.05, 0) is 38.1 Å². The monoisotopic (exact) mass is 320 g/mol. The Morgan fingerprint density at radius 3 is 2.68 bits per heavy atom. The van der Waals surface area contributed by atoms with Crippen LogP contribution < -0.4 is 4.74 Å². The molecule has 0 fully saturated rings. The van der Waals surface area contributed by atoms with Crippen LogP contribution in [-0.2, 0) is 11.3 Å². The third-order valence-corrected chi connectivity index (χ3v) is 4.31. The van der Waals surface area contributed by atoms with E-state index in [0.717, 1.165) is 27.6 Å². The number of aryl methyl sites for hydroxylation is 2. The summed E-state index contributed by atoms with van der Waals surface area (Å²) in [6, 6.07) is 4.75. The SMILES string of the molecule is COc1ccc([C@@H](C(=O)O)N(C)Cc2csc(C)n2)cc1C. The quantitative estimate of drug-likeness (QED) is 0.886. The molecule has 0 saturated carbocycles. The van der Waals surface area contributed by atoms with E-state index < -0.39 is 12.0 Å². The lowest BCUT2D eigenvalue weighted by Gasteiger charge is -2.24. The second-order valence-corrected chi connectivity index (χ2v) is 6.31. The minimum Gasteiger partial charge on any atom is -0.496 e. The van der Waals surface area contributed by atoms with Gasteiger partial charge in [0.2, 0.25) is 0 Å². The van der Waals surface area contributed by atoms with Crippen LogP contribution in [0, 0.1) is 13.8 Å². The van der Waals surface area contributed by atoms with Crippen molar-refractivity contribution in [2.45, 2.75) is 26.4 Å². The Morgan fingerprint density at radius 1 is 1.45 bits per heavy atom. The van der Waals surface area contributed by atoms with Gasteiger partial charge in [0.05, 0.1) is 17.8 Å². The number of ether oxygens (including phenoxy) is 1. The molecule has 5 nitrogen and oxygen atoms in total. The molecule has 0 spiro atoms. The Morgan fingerprint density at radius 2 is 2.18 bits per heavy atom. The molecule has 2 rings (SSSR count). The molecule has 0 aliphatic rings. The van der Waals surface area contributed by atoms with Gasteiger partial charge in [0.25, 0.3) is 0 Å². The van der Waals surface area contributed by atoms with Crippen LogP contribution in [0.25, 0.3) is 0 Å². The Bertz CT molecular complexity index is 669. The van der Waals surface area contributed by atoms with Gasteiger partial charge in [-0.25, -0.2) is 4.98 Å². The number of aromatic nitrogens is 1. The molecule has 0 aliphatic heterocycles. The molecule has 2 aromatic rings. The number of thiazole rings is 1. The lowest BCUT2D eigenvalue weighted by atomic mass is 10.0. The average molecular weight is 320 g/mol. The predicted molar refractivity (Wildman–Crippen MR) is 86.4 cm³/mol. The average Bonchev–Trinajstić information content (AvgIpc) is 2.84. The first-order valence-electron chi connectivity index (χ1n) is 6.91. The molecule has 0 amide bonds. The van der Waals surface area contributed by atoms with E-state index in [1.807, 2.05) is 25.3 Å². The standard InChI is InChI=1S/C16H20N2O3S/c1-10-7-12(5-6-14(10)21-4)15(16(19)20)18(3)8-13-9-22-11(2)17-13/h5-7,9,15H,8H2,1-4H3,(H,19,20)/t15-/m0/s1. The number of carbonyl (C=O) groups is 1. The topological polar surface area (TPSA) is 62.7 Å². The summed E-state index contributed by atoms with van der Waals surface area (Å²) in [5, 5.41) is 12.6. The van der Waals surface area contributed by atoms with Crippen molar-refractivity contribution in [1.29, 1.82) is 0 Å². The fourth-order valence-corrected chi connectivity index (χ4v) is 3.09. The van der Waals surface area contributed by atoms with Gasteiger partial charge in [0.15, 0.2) is 0 Å². The van der Waals surface area contributed by atoms with E-state index in [1.54, 1.807) is 42.5 Å². The Labute approximate surface area is 134 Å². The molecule has 0 bridgehead atoms. The van der Waals surface area contributed by atoms with E-state index in [4.69, 9.17) is 4.74 Å². The highest BCUT2D eigenvalue weighted by atomic mass is 32.1. The van der Waals surface area contributed by atoms with Gasteiger partial charge in [0, 0.05) is 11.9 Å². The Hall–Kier alpha value is -1.92. The number of aliphatic carboxylic acids is 1. The van der Waals surface area contributed by atoms with Gasteiger partial charge in [-0.2, -0.15) is 0 Å². The number of methoxy groups -OCH3 is 1. The summed E-state index contributed by atoms with van der Waals surface area (Å²) in [5.74, 6) is -0.121. The molecule has 1 aromatic heterocycles. The van der Waals surface area contributed by atoms with Crippen molar-refractivity contribution in [3.05, 3.63) is 45.4 Å². The molecule has 0 radical (unpaired) electrons. The lowest BCUT2D eigenvalue weighted by molar-refractivity contribution is -0.143. The number of carboxylic acids is 1. The lowest BCUT2D eigenvalue weighted by Crippen LogP contribution is -2.30. The molecule has 118 valence electrons. The summed E-state index contributed by atoms with van der Waals surface area (Å²) in [5.41, 5.74) is 2.55. The Kier molecular flexibility index (Phi) is 5.15. The molecule has 1 atom stereocenters. The maximum Gasteiger partial charge on any atom is 0.325 e. The smallest absolute Gasteiger partial charge is 0.325 e. The minimum absolute atomic E-state index is 0.492. The molecule has 6 heteroatoms. The fourth-order valence-electron chi connectivity index (χ4n) is 2.48. The molecule has 1 heterocycles. The van der Waals surface area contributed by atoms with Crippen LogP contribution >= 0.6 is 11.3 Å². The first kappa shape index (κ1) is 16.5. The van der Waals surface area contributed by atoms with E-state index in [0.29, 0.717) is 6.54 Å². The summed E-state index contributed by atoms with van der Waals surface area (Å²) in [6.07, 6.45) is 0. The molecule has 22 heavy (non-hydrogen) atoms. The number of carboxylic acid groups (broad SMARTS) is 1. The molecule has 1 aromatic carbocycles. The van der Waals surface area contributed by atoms with E-state index in [9.17, 15) is 9.90 Å². The summed E-state index contributed by atoms with van der Waals surface area (Å²) >= 11 is 1.57. The van der Waals surface area contributed by atoms with Gasteiger partial charge < -0.3 is 9.84 Å². The third kappa shape index (κ3) is 3.64. The first-order valence-corrected chi connectivity index (χ1v) is 7.79. The van der Waals surface area contributed by atoms with Crippen molar-refractivity contribution in [3.63, 3.8) is 0 Å². The van der Waals surface area contributed by atoms with Gasteiger partial charge in [0.1, 0.15) is 11.8 Å².